The van der Waals surface area contributed by atoms with E-state index in [1.807, 2.05) is 0 Å². The van der Waals surface area contributed by atoms with Crippen molar-refractivity contribution < 1.29 is 8.42 Å². The highest BCUT2D eigenvalue weighted by Crippen LogP contribution is 2.39. The van der Waals surface area contributed by atoms with Gasteiger partial charge in [-0.3, -0.25) is 0 Å². The van der Waals surface area contributed by atoms with E-state index in [9.17, 15) is 8.42 Å². The van der Waals surface area contributed by atoms with Crippen molar-refractivity contribution in [1.82, 2.24) is 4.31 Å². The molecule has 2 heterocycles. The third-order valence-electron chi connectivity index (χ3n) is 3.28. The monoisotopic (exact) mass is 203 g/mol. The first kappa shape index (κ1) is 9.46. The van der Waals surface area contributed by atoms with Crippen LogP contribution in [0.25, 0.3) is 0 Å². The Kier molecular flexibility index (Phi) is 2.15. The van der Waals surface area contributed by atoms with E-state index in [0.29, 0.717) is 18.0 Å². The molecular formula is C9H17NO2S. The molecule has 0 spiro atoms. The van der Waals surface area contributed by atoms with E-state index in [1.54, 1.807) is 4.31 Å². The van der Waals surface area contributed by atoms with Crippen LogP contribution in [0.2, 0.25) is 0 Å². The SMILES string of the molecule is C[C@H]1C[C@H]2CC[C@@H](C1)N2S(C)(=O)=O. The minimum absolute atomic E-state index is 0.309. The van der Waals surface area contributed by atoms with Crippen molar-refractivity contribution in [3.63, 3.8) is 0 Å². The molecule has 0 aliphatic carbocycles. The zero-order valence-corrected chi connectivity index (χ0v) is 9.05. The maximum absolute atomic E-state index is 11.5. The lowest BCUT2D eigenvalue weighted by Crippen LogP contribution is -2.45. The molecule has 0 amide bonds. The number of hydrogen-bond acceptors (Lipinski definition) is 2. The van der Waals surface area contributed by atoms with Crippen LogP contribution in [0.15, 0.2) is 0 Å². The summed E-state index contributed by atoms with van der Waals surface area (Å²) in [6.45, 7) is 2.23. The Hall–Kier alpha value is -0.0900. The van der Waals surface area contributed by atoms with Crippen LogP contribution in [-0.2, 0) is 10.0 Å². The van der Waals surface area contributed by atoms with Crippen LogP contribution in [0.5, 0.6) is 0 Å². The number of fused-ring (bicyclic) bond motifs is 2. The Balaban J connectivity index is 2.25. The van der Waals surface area contributed by atoms with E-state index >= 15 is 0 Å². The lowest BCUT2D eigenvalue weighted by Gasteiger charge is -2.35. The molecule has 0 aromatic carbocycles. The zero-order chi connectivity index (χ0) is 9.64. The van der Waals surface area contributed by atoms with Gasteiger partial charge in [-0.1, -0.05) is 6.92 Å². The van der Waals surface area contributed by atoms with Gasteiger partial charge >= 0.3 is 0 Å². The zero-order valence-electron chi connectivity index (χ0n) is 8.23. The molecule has 0 aromatic heterocycles. The molecule has 2 bridgehead atoms. The van der Waals surface area contributed by atoms with Crippen molar-refractivity contribution in [3.8, 4) is 0 Å². The van der Waals surface area contributed by atoms with Crippen LogP contribution in [0, 0.1) is 5.92 Å². The Morgan fingerprint density at radius 1 is 1.15 bits per heavy atom. The van der Waals surface area contributed by atoms with Gasteiger partial charge in [-0.2, -0.15) is 4.31 Å². The molecule has 0 aromatic rings. The average Bonchev–Trinajstić information content (AvgIpc) is 2.23. The quantitative estimate of drug-likeness (QED) is 0.642. The van der Waals surface area contributed by atoms with Crippen molar-refractivity contribution >= 4 is 10.0 Å². The fourth-order valence-corrected chi connectivity index (χ4v) is 4.41. The fourth-order valence-electron chi connectivity index (χ4n) is 2.95. The van der Waals surface area contributed by atoms with E-state index < -0.39 is 10.0 Å². The van der Waals surface area contributed by atoms with Gasteiger partial charge in [0.25, 0.3) is 0 Å². The second kappa shape index (κ2) is 2.95. The smallest absolute Gasteiger partial charge is 0.211 e. The third-order valence-corrected chi connectivity index (χ3v) is 4.65. The largest absolute Gasteiger partial charge is 0.212 e. The molecule has 2 fully saturated rings. The van der Waals surface area contributed by atoms with E-state index in [2.05, 4.69) is 6.92 Å². The molecule has 2 aliphatic heterocycles. The highest BCUT2D eigenvalue weighted by Gasteiger charge is 2.43. The third kappa shape index (κ3) is 1.62. The lowest BCUT2D eigenvalue weighted by molar-refractivity contribution is 0.202. The Labute approximate surface area is 80.2 Å². The molecule has 4 heteroatoms. The molecule has 2 rings (SSSR count). The van der Waals surface area contributed by atoms with E-state index in [-0.39, 0.29) is 0 Å². The van der Waals surface area contributed by atoms with Crippen LogP contribution in [0.4, 0.5) is 0 Å². The predicted octanol–water partition coefficient (Wildman–Crippen LogP) is 1.21. The number of piperidine rings is 1. The minimum Gasteiger partial charge on any atom is -0.212 e. The molecule has 3 nitrogen and oxygen atoms in total. The normalized spacial score (nSPS) is 40.9. The fraction of sp³-hybridized carbons (Fsp3) is 1.00. The molecule has 2 saturated heterocycles. The van der Waals surface area contributed by atoms with Gasteiger partial charge in [-0.05, 0) is 31.6 Å². The van der Waals surface area contributed by atoms with Gasteiger partial charge in [-0.15, -0.1) is 0 Å². The second-order valence-electron chi connectivity index (χ2n) is 4.55. The molecule has 13 heavy (non-hydrogen) atoms. The second-order valence-corrected chi connectivity index (χ2v) is 6.44. The lowest BCUT2D eigenvalue weighted by atomic mass is 9.94. The Morgan fingerprint density at radius 3 is 2.00 bits per heavy atom. The van der Waals surface area contributed by atoms with Crippen molar-refractivity contribution in [2.24, 2.45) is 5.92 Å². The molecule has 0 unspecified atom stereocenters. The summed E-state index contributed by atoms with van der Waals surface area (Å²) in [5.74, 6) is 0.704. The molecule has 2 aliphatic rings. The van der Waals surface area contributed by atoms with Gasteiger partial charge in [0.15, 0.2) is 0 Å². The summed E-state index contributed by atoms with van der Waals surface area (Å²) in [7, 11) is -2.95. The summed E-state index contributed by atoms with van der Waals surface area (Å²) >= 11 is 0. The van der Waals surface area contributed by atoms with Crippen LogP contribution >= 0.6 is 0 Å². The highest BCUT2D eigenvalue weighted by molar-refractivity contribution is 7.88. The summed E-state index contributed by atoms with van der Waals surface area (Å²) in [5.41, 5.74) is 0. The first-order valence-electron chi connectivity index (χ1n) is 4.97. The maximum atomic E-state index is 11.5. The molecular weight excluding hydrogens is 186 g/mol. The van der Waals surface area contributed by atoms with Crippen LogP contribution in [0.3, 0.4) is 0 Å². The predicted molar refractivity (Wildman–Crippen MR) is 51.9 cm³/mol. The van der Waals surface area contributed by atoms with Gasteiger partial charge in [0, 0.05) is 12.1 Å². The number of rotatable bonds is 1. The number of sulfonamides is 1. The molecule has 0 N–H and O–H groups in total. The Bertz CT molecular complexity index is 285. The van der Waals surface area contributed by atoms with Crippen molar-refractivity contribution in [1.29, 1.82) is 0 Å². The summed E-state index contributed by atoms with van der Waals surface area (Å²) in [5, 5.41) is 0. The molecule has 76 valence electrons. The van der Waals surface area contributed by atoms with Crippen molar-refractivity contribution in [2.45, 2.75) is 44.7 Å². The van der Waals surface area contributed by atoms with Crippen LogP contribution in [-0.4, -0.2) is 31.1 Å². The summed E-state index contributed by atoms with van der Waals surface area (Å²) < 4.78 is 24.7. The first-order valence-corrected chi connectivity index (χ1v) is 6.82. The minimum atomic E-state index is -2.95. The van der Waals surface area contributed by atoms with Crippen molar-refractivity contribution in [3.05, 3.63) is 0 Å². The summed E-state index contributed by atoms with van der Waals surface area (Å²) in [4.78, 5) is 0. The highest BCUT2D eigenvalue weighted by atomic mass is 32.2. The molecule has 3 atom stereocenters. The molecule has 0 saturated carbocycles. The average molecular weight is 203 g/mol. The van der Waals surface area contributed by atoms with Crippen LogP contribution < -0.4 is 0 Å². The van der Waals surface area contributed by atoms with E-state index in [4.69, 9.17) is 0 Å². The first-order chi connectivity index (χ1) is 5.98. The summed E-state index contributed by atoms with van der Waals surface area (Å²) in [6, 6.07) is 0.618. The number of hydrogen-bond donors (Lipinski definition) is 0. The standard InChI is InChI=1S/C9H17NO2S/c1-7-5-8-3-4-9(6-7)10(8)13(2,11)12/h7-9H,3-6H2,1-2H3/t7-,8+,9-. The van der Waals surface area contributed by atoms with E-state index in [0.717, 1.165) is 25.7 Å². The van der Waals surface area contributed by atoms with Crippen LogP contribution in [0.1, 0.15) is 32.6 Å². The Morgan fingerprint density at radius 2 is 1.62 bits per heavy atom. The van der Waals surface area contributed by atoms with E-state index in [1.165, 1.54) is 6.26 Å². The maximum Gasteiger partial charge on any atom is 0.211 e. The number of nitrogens with zero attached hydrogens (tertiary/aromatic N) is 1. The van der Waals surface area contributed by atoms with Gasteiger partial charge in [0.1, 0.15) is 0 Å². The van der Waals surface area contributed by atoms with Gasteiger partial charge in [0.05, 0.1) is 6.26 Å². The van der Waals surface area contributed by atoms with Gasteiger partial charge < -0.3 is 0 Å². The summed E-state index contributed by atoms with van der Waals surface area (Å²) in [6.07, 6.45) is 5.60. The topological polar surface area (TPSA) is 37.4 Å². The van der Waals surface area contributed by atoms with Crippen molar-refractivity contribution in [2.75, 3.05) is 6.26 Å². The van der Waals surface area contributed by atoms with Gasteiger partial charge in [0.2, 0.25) is 10.0 Å². The molecule has 0 radical (unpaired) electrons. The van der Waals surface area contributed by atoms with Gasteiger partial charge in [-0.25, -0.2) is 8.42 Å².